The Hall–Kier alpha value is -0.730. The molecule has 9 heteroatoms. The number of pyridine rings is 1. The molecule has 0 atom stereocenters. The van der Waals surface area contributed by atoms with Crippen LogP contribution in [0.15, 0.2) is 22.5 Å². The molecule has 0 saturated heterocycles. The zero-order chi connectivity index (χ0) is 14.8. The van der Waals surface area contributed by atoms with Crippen molar-refractivity contribution < 1.29 is 8.42 Å². The molecule has 0 aliphatic carbocycles. The largest absolute Gasteiger partial charge is 0.247 e. The number of halogens is 2. The van der Waals surface area contributed by atoms with Gasteiger partial charge < -0.3 is 0 Å². The first-order valence-electron chi connectivity index (χ1n) is 5.60. The Morgan fingerprint density at radius 1 is 1.40 bits per heavy atom. The van der Waals surface area contributed by atoms with Gasteiger partial charge in [0.15, 0.2) is 0 Å². The predicted octanol–water partition coefficient (Wildman–Crippen LogP) is 2.67. The average molecular weight is 352 g/mol. The Morgan fingerprint density at radius 3 is 2.75 bits per heavy atom. The second kappa shape index (κ2) is 6.36. The number of sulfonamides is 1. The fourth-order valence-electron chi connectivity index (χ4n) is 1.47. The normalized spacial score (nSPS) is 11.8. The minimum Gasteiger partial charge on any atom is -0.247 e. The topological polar surface area (TPSA) is 72.0 Å². The lowest BCUT2D eigenvalue weighted by Gasteiger charge is -2.06. The van der Waals surface area contributed by atoms with Gasteiger partial charge in [0.1, 0.15) is 10.0 Å². The van der Waals surface area contributed by atoms with Gasteiger partial charge in [0.25, 0.3) is 0 Å². The standard InChI is InChI=1S/C11H11Cl2N3O2S2/c1-7-16-8(6-19-7)2-3-15-20(17,18)9-4-10(12)11(13)14-5-9/h4-6,15H,2-3H2,1H3. The van der Waals surface area contributed by atoms with Crippen molar-refractivity contribution in [3.63, 3.8) is 0 Å². The van der Waals surface area contributed by atoms with Gasteiger partial charge in [0, 0.05) is 24.5 Å². The second-order valence-electron chi connectivity index (χ2n) is 3.95. The summed E-state index contributed by atoms with van der Waals surface area (Å²) in [5.74, 6) is 0. The fourth-order valence-corrected chi connectivity index (χ4v) is 3.45. The van der Waals surface area contributed by atoms with Crippen molar-refractivity contribution in [1.29, 1.82) is 0 Å². The Labute approximate surface area is 131 Å². The summed E-state index contributed by atoms with van der Waals surface area (Å²) in [5.41, 5.74) is 0.863. The Morgan fingerprint density at radius 2 is 2.15 bits per heavy atom. The molecule has 2 heterocycles. The molecular weight excluding hydrogens is 341 g/mol. The molecule has 0 aromatic carbocycles. The van der Waals surface area contributed by atoms with E-state index in [1.165, 1.54) is 23.6 Å². The molecule has 108 valence electrons. The van der Waals surface area contributed by atoms with Gasteiger partial charge in [-0.1, -0.05) is 23.2 Å². The van der Waals surface area contributed by atoms with Crippen LogP contribution < -0.4 is 4.72 Å². The van der Waals surface area contributed by atoms with Crippen LogP contribution in [0.3, 0.4) is 0 Å². The van der Waals surface area contributed by atoms with Gasteiger partial charge in [-0.05, 0) is 13.0 Å². The number of rotatable bonds is 5. The highest BCUT2D eigenvalue weighted by Gasteiger charge is 2.16. The van der Waals surface area contributed by atoms with Crippen LogP contribution in [-0.4, -0.2) is 24.9 Å². The van der Waals surface area contributed by atoms with Gasteiger partial charge >= 0.3 is 0 Å². The van der Waals surface area contributed by atoms with Crippen LogP contribution in [-0.2, 0) is 16.4 Å². The number of hydrogen-bond acceptors (Lipinski definition) is 5. The molecule has 0 radical (unpaired) electrons. The highest BCUT2D eigenvalue weighted by atomic mass is 35.5. The maximum absolute atomic E-state index is 12.0. The number of nitrogens with one attached hydrogen (secondary N) is 1. The number of aryl methyl sites for hydroxylation is 1. The lowest BCUT2D eigenvalue weighted by atomic mass is 10.3. The summed E-state index contributed by atoms with van der Waals surface area (Å²) in [5, 5.41) is 3.04. The molecule has 0 amide bonds. The summed E-state index contributed by atoms with van der Waals surface area (Å²) in [4.78, 5) is 7.97. The molecule has 2 aromatic heterocycles. The van der Waals surface area contributed by atoms with Gasteiger partial charge in [0.2, 0.25) is 10.0 Å². The van der Waals surface area contributed by atoms with E-state index in [0.29, 0.717) is 6.42 Å². The Bertz CT molecular complexity index is 716. The molecule has 0 fully saturated rings. The zero-order valence-corrected chi connectivity index (χ0v) is 13.6. The third kappa shape index (κ3) is 3.89. The van der Waals surface area contributed by atoms with Crippen molar-refractivity contribution in [2.45, 2.75) is 18.2 Å². The van der Waals surface area contributed by atoms with E-state index in [0.717, 1.165) is 10.7 Å². The first kappa shape index (κ1) is 15.7. The molecule has 0 bridgehead atoms. The van der Waals surface area contributed by atoms with Gasteiger partial charge in [-0.3, -0.25) is 0 Å². The average Bonchev–Trinajstić information content (AvgIpc) is 2.78. The molecule has 2 aromatic rings. The minimum absolute atomic E-state index is 0.0126. The van der Waals surface area contributed by atoms with E-state index in [4.69, 9.17) is 23.2 Å². The van der Waals surface area contributed by atoms with Gasteiger partial charge in [0.05, 0.1) is 15.7 Å². The molecular formula is C11H11Cl2N3O2S2. The highest BCUT2D eigenvalue weighted by Crippen LogP contribution is 2.21. The summed E-state index contributed by atoms with van der Waals surface area (Å²) >= 11 is 12.9. The Kier molecular flexibility index (Phi) is 4.98. The van der Waals surface area contributed by atoms with E-state index in [9.17, 15) is 8.42 Å². The van der Waals surface area contributed by atoms with E-state index in [1.807, 2.05) is 12.3 Å². The van der Waals surface area contributed by atoms with Crippen LogP contribution in [0, 0.1) is 6.92 Å². The molecule has 5 nitrogen and oxygen atoms in total. The monoisotopic (exact) mass is 351 g/mol. The number of nitrogens with zero attached hydrogens (tertiary/aromatic N) is 2. The lowest BCUT2D eigenvalue weighted by Crippen LogP contribution is -2.26. The first-order valence-corrected chi connectivity index (χ1v) is 8.72. The smallest absolute Gasteiger partial charge is 0.242 e. The summed E-state index contributed by atoms with van der Waals surface area (Å²) in [7, 11) is -3.64. The predicted molar refractivity (Wildman–Crippen MR) is 80.0 cm³/mol. The van der Waals surface area contributed by atoms with Crippen molar-refractivity contribution in [2.75, 3.05) is 6.54 Å². The van der Waals surface area contributed by atoms with Crippen LogP contribution in [0.5, 0.6) is 0 Å². The van der Waals surface area contributed by atoms with Crippen LogP contribution in [0.25, 0.3) is 0 Å². The Balaban J connectivity index is 2.02. The van der Waals surface area contributed by atoms with E-state index < -0.39 is 10.0 Å². The maximum atomic E-state index is 12.0. The van der Waals surface area contributed by atoms with Crippen LogP contribution >= 0.6 is 34.5 Å². The van der Waals surface area contributed by atoms with E-state index in [-0.39, 0.29) is 21.6 Å². The van der Waals surface area contributed by atoms with Crippen molar-refractivity contribution in [2.24, 2.45) is 0 Å². The summed E-state index contributed by atoms with van der Waals surface area (Å²) in [6, 6.07) is 1.27. The van der Waals surface area contributed by atoms with Gasteiger partial charge in [-0.2, -0.15) is 0 Å². The molecule has 1 N–H and O–H groups in total. The zero-order valence-electron chi connectivity index (χ0n) is 10.4. The first-order chi connectivity index (χ1) is 9.38. The molecule has 0 aliphatic heterocycles. The molecule has 2 rings (SSSR count). The second-order valence-corrected chi connectivity index (χ2v) is 7.54. The maximum Gasteiger partial charge on any atom is 0.242 e. The van der Waals surface area contributed by atoms with Gasteiger partial charge in [-0.15, -0.1) is 11.3 Å². The van der Waals surface area contributed by atoms with Gasteiger partial charge in [-0.25, -0.2) is 23.1 Å². The van der Waals surface area contributed by atoms with E-state index in [2.05, 4.69) is 14.7 Å². The lowest BCUT2D eigenvalue weighted by molar-refractivity contribution is 0.581. The molecule has 0 aliphatic rings. The quantitative estimate of drug-likeness (QED) is 0.840. The van der Waals surface area contributed by atoms with Crippen LogP contribution in [0.2, 0.25) is 10.2 Å². The molecule has 0 unspecified atom stereocenters. The SMILES string of the molecule is Cc1nc(CCNS(=O)(=O)c2cnc(Cl)c(Cl)c2)cs1. The van der Waals surface area contributed by atoms with E-state index in [1.54, 1.807) is 0 Å². The number of aromatic nitrogens is 2. The fraction of sp³-hybridized carbons (Fsp3) is 0.273. The third-order valence-electron chi connectivity index (χ3n) is 2.42. The summed E-state index contributed by atoms with van der Waals surface area (Å²) < 4.78 is 26.5. The summed E-state index contributed by atoms with van der Waals surface area (Å²) in [6.45, 7) is 2.16. The highest BCUT2D eigenvalue weighted by molar-refractivity contribution is 7.89. The molecule has 0 saturated carbocycles. The molecule has 20 heavy (non-hydrogen) atoms. The third-order valence-corrected chi connectivity index (χ3v) is 5.36. The van der Waals surface area contributed by atoms with Crippen molar-refractivity contribution in [3.8, 4) is 0 Å². The number of thiazole rings is 1. The van der Waals surface area contributed by atoms with Crippen LogP contribution in [0.1, 0.15) is 10.7 Å². The van der Waals surface area contributed by atoms with Crippen LogP contribution in [0.4, 0.5) is 0 Å². The van der Waals surface area contributed by atoms with Crippen molar-refractivity contribution >= 4 is 44.6 Å². The molecule has 0 spiro atoms. The number of hydrogen-bond donors (Lipinski definition) is 1. The summed E-state index contributed by atoms with van der Waals surface area (Å²) in [6.07, 6.45) is 1.70. The van der Waals surface area contributed by atoms with E-state index >= 15 is 0 Å². The minimum atomic E-state index is -3.64. The van der Waals surface area contributed by atoms with Crippen molar-refractivity contribution in [3.05, 3.63) is 38.5 Å². The van der Waals surface area contributed by atoms with Crippen molar-refractivity contribution in [1.82, 2.24) is 14.7 Å².